The van der Waals surface area contributed by atoms with Crippen LogP contribution in [0.1, 0.15) is 53.7 Å². The Morgan fingerprint density at radius 1 is 1.15 bits per heavy atom. The van der Waals surface area contributed by atoms with Crippen molar-refractivity contribution in [3.8, 4) is 0 Å². The van der Waals surface area contributed by atoms with Crippen molar-refractivity contribution in [2.45, 2.75) is 52.1 Å². The lowest BCUT2D eigenvalue weighted by Gasteiger charge is -2.33. The Labute approximate surface area is 194 Å². The van der Waals surface area contributed by atoms with Crippen molar-refractivity contribution >= 4 is 23.7 Å². The van der Waals surface area contributed by atoms with Crippen LogP contribution in [0.5, 0.6) is 0 Å². The predicted molar refractivity (Wildman–Crippen MR) is 126 cm³/mol. The maximum Gasteiger partial charge on any atom is 0.322 e. The second-order valence-electron chi connectivity index (χ2n) is 9.34. The summed E-state index contributed by atoms with van der Waals surface area (Å²) in [6.45, 7) is 9.18. The molecule has 2 aliphatic rings. The molecule has 0 aliphatic carbocycles. The number of benzene rings is 1. The van der Waals surface area contributed by atoms with Crippen LogP contribution < -0.4 is 16.0 Å². The quantitative estimate of drug-likeness (QED) is 0.609. The van der Waals surface area contributed by atoms with Gasteiger partial charge < -0.3 is 15.5 Å². The average molecular weight is 450 g/mol. The molecule has 1 unspecified atom stereocenters. The molecule has 4 rings (SSSR count). The molecule has 2 aliphatic heterocycles. The van der Waals surface area contributed by atoms with E-state index in [1.807, 2.05) is 31.9 Å². The van der Waals surface area contributed by atoms with Crippen LogP contribution >= 0.6 is 0 Å². The molecule has 174 valence electrons. The molecule has 1 aromatic carbocycles. The summed E-state index contributed by atoms with van der Waals surface area (Å²) >= 11 is 0. The summed E-state index contributed by atoms with van der Waals surface area (Å²) in [5.41, 5.74) is 2.39. The van der Waals surface area contributed by atoms with Crippen LogP contribution in [0.3, 0.4) is 0 Å². The Morgan fingerprint density at radius 2 is 1.82 bits per heavy atom. The van der Waals surface area contributed by atoms with Gasteiger partial charge in [0, 0.05) is 30.9 Å². The monoisotopic (exact) mass is 449 g/mol. The van der Waals surface area contributed by atoms with Gasteiger partial charge in [-0.05, 0) is 61.4 Å². The van der Waals surface area contributed by atoms with Crippen LogP contribution in [-0.2, 0) is 10.3 Å². The maximum atomic E-state index is 13.1. The van der Waals surface area contributed by atoms with Crippen molar-refractivity contribution < 1.29 is 14.4 Å². The molecule has 4 amide bonds. The van der Waals surface area contributed by atoms with E-state index < -0.39 is 11.6 Å². The fourth-order valence-corrected chi connectivity index (χ4v) is 4.76. The predicted octanol–water partition coefficient (Wildman–Crippen LogP) is 3.11. The van der Waals surface area contributed by atoms with E-state index in [0.29, 0.717) is 24.2 Å². The van der Waals surface area contributed by atoms with Crippen molar-refractivity contribution in [2.24, 2.45) is 5.92 Å². The molecule has 0 radical (unpaired) electrons. The molecule has 0 spiro atoms. The summed E-state index contributed by atoms with van der Waals surface area (Å²) < 4.78 is 0. The minimum Gasteiger partial charge on any atom is -0.367 e. The molecule has 2 fully saturated rings. The van der Waals surface area contributed by atoms with Crippen LogP contribution in [0.4, 0.5) is 10.6 Å². The number of hydrogen-bond donors (Lipinski definition) is 3. The zero-order valence-electron chi connectivity index (χ0n) is 19.6. The number of rotatable bonds is 5. The van der Waals surface area contributed by atoms with Crippen molar-refractivity contribution in [2.75, 3.05) is 18.4 Å². The normalized spacial score (nSPS) is 21.2. The highest BCUT2D eigenvalue weighted by Crippen LogP contribution is 2.33. The third-order valence-electron chi connectivity index (χ3n) is 6.69. The van der Waals surface area contributed by atoms with Crippen molar-refractivity contribution in [3.05, 3.63) is 58.8 Å². The van der Waals surface area contributed by atoms with E-state index in [4.69, 9.17) is 0 Å². The van der Waals surface area contributed by atoms with E-state index in [1.165, 1.54) is 0 Å². The van der Waals surface area contributed by atoms with Gasteiger partial charge in [-0.3, -0.25) is 14.9 Å². The van der Waals surface area contributed by atoms with E-state index in [-0.39, 0.29) is 23.8 Å². The van der Waals surface area contributed by atoms with Gasteiger partial charge in [0.15, 0.2) is 0 Å². The van der Waals surface area contributed by atoms with Gasteiger partial charge in [0.2, 0.25) is 0 Å². The number of urea groups is 1. The number of pyridine rings is 1. The van der Waals surface area contributed by atoms with Gasteiger partial charge >= 0.3 is 6.03 Å². The molecule has 0 saturated carbocycles. The highest BCUT2D eigenvalue weighted by Gasteiger charge is 2.50. The fraction of sp³-hybridized carbons (Fsp3) is 0.440. The van der Waals surface area contributed by atoms with E-state index >= 15 is 0 Å². The fourth-order valence-electron chi connectivity index (χ4n) is 4.76. The molecule has 3 heterocycles. The van der Waals surface area contributed by atoms with Gasteiger partial charge in [-0.2, -0.15) is 0 Å². The molecule has 2 aromatic rings. The average Bonchev–Trinajstić information content (AvgIpc) is 3.10. The Hall–Kier alpha value is -3.42. The molecule has 0 bridgehead atoms. The Balaban J connectivity index is 1.40. The lowest BCUT2D eigenvalue weighted by atomic mass is 9.79. The van der Waals surface area contributed by atoms with Crippen LogP contribution in [0.2, 0.25) is 0 Å². The third kappa shape index (κ3) is 4.29. The first-order valence-corrected chi connectivity index (χ1v) is 11.4. The SMILES string of the molecule is Cc1cnc(NC2CCN(C(=O)c3ccc(C4(C(C)C)NC(=O)NC4=O)cc3)CC2)c(C)c1. The number of carbonyl (C=O) groups is 3. The van der Waals surface area contributed by atoms with E-state index in [2.05, 4.69) is 33.9 Å². The molecule has 1 aromatic heterocycles. The lowest BCUT2D eigenvalue weighted by molar-refractivity contribution is -0.125. The number of aryl methyl sites for hydroxylation is 2. The van der Waals surface area contributed by atoms with Gasteiger partial charge in [0.25, 0.3) is 11.8 Å². The number of piperidine rings is 1. The summed E-state index contributed by atoms with van der Waals surface area (Å²) in [7, 11) is 0. The molecule has 33 heavy (non-hydrogen) atoms. The number of hydrogen-bond acceptors (Lipinski definition) is 5. The molecule has 3 N–H and O–H groups in total. The zero-order chi connectivity index (χ0) is 23.8. The van der Waals surface area contributed by atoms with Gasteiger partial charge in [-0.15, -0.1) is 0 Å². The van der Waals surface area contributed by atoms with E-state index in [1.54, 1.807) is 24.3 Å². The summed E-state index contributed by atoms with van der Waals surface area (Å²) in [5.74, 6) is 0.365. The lowest BCUT2D eigenvalue weighted by Crippen LogP contribution is -2.48. The van der Waals surface area contributed by atoms with E-state index in [9.17, 15) is 14.4 Å². The zero-order valence-corrected chi connectivity index (χ0v) is 19.6. The summed E-state index contributed by atoms with van der Waals surface area (Å²) in [4.78, 5) is 43.8. The number of amides is 4. The largest absolute Gasteiger partial charge is 0.367 e. The summed E-state index contributed by atoms with van der Waals surface area (Å²) in [6, 6.07) is 8.90. The first-order chi connectivity index (χ1) is 15.7. The number of likely N-dealkylation sites (tertiary alicyclic amines) is 1. The molecular weight excluding hydrogens is 418 g/mol. The standard InChI is InChI=1S/C25H31N5O3/c1-15(2)25(23(32)28-24(33)29-25)19-7-5-18(6-8-19)22(31)30-11-9-20(10-12-30)27-21-17(4)13-16(3)14-26-21/h5-8,13-15,20H,9-12H2,1-4H3,(H,26,27)(H2,28,29,32,33). The summed E-state index contributed by atoms with van der Waals surface area (Å²) in [6.07, 6.45) is 3.56. The van der Waals surface area contributed by atoms with Crippen LogP contribution in [0.15, 0.2) is 36.5 Å². The minimum atomic E-state index is -1.12. The van der Waals surface area contributed by atoms with E-state index in [0.717, 1.165) is 29.8 Å². The second kappa shape index (κ2) is 8.84. The first kappa shape index (κ1) is 22.8. The smallest absolute Gasteiger partial charge is 0.322 e. The minimum absolute atomic E-state index is 0.0249. The van der Waals surface area contributed by atoms with Gasteiger partial charge in [0.1, 0.15) is 11.4 Å². The van der Waals surface area contributed by atoms with Crippen molar-refractivity contribution in [3.63, 3.8) is 0 Å². The Bertz CT molecular complexity index is 1070. The first-order valence-electron chi connectivity index (χ1n) is 11.4. The molecule has 1 atom stereocenters. The highest BCUT2D eigenvalue weighted by molar-refractivity contribution is 6.07. The Morgan fingerprint density at radius 3 is 2.36 bits per heavy atom. The molecule has 8 heteroatoms. The van der Waals surface area contributed by atoms with Gasteiger partial charge in [-0.1, -0.05) is 32.0 Å². The van der Waals surface area contributed by atoms with Crippen LogP contribution in [-0.4, -0.2) is 46.9 Å². The number of nitrogens with zero attached hydrogens (tertiary/aromatic N) is 2. The number of aromatic nitrogens is 1. The van der Waals surface area contributed by atoms with Crippen molar-refractivity contribution in [1.82, 2.24) is 20.5 Å². The molecular formula is C25H31N5O3. The third-order valence-corrected chi connectivity index (χ3v) is 6.69. The van der Waals surface area contributed by atoms with Crippen LogP contribution in [0.25, 0.3) is 0 Å². The number of imide groups is 1. The topological polar surface area (TPSA) is 103 Å². The number of anilines is 1. The molecule has 2 saturated heterocycles. The van der Waals surface area contributed by atoms with Gasteiger partial charge in [0.05, 0.1) is 0 Å². The highest BCUT2D eigenvalue weighted by atomic mass is 16.2. The number of carbonyl (C=O) groups excluding carboxylic acids is 3. The maximum absolute atomic E-state index is 13.1. The number of nitrogens with one attached hydrogen (secondary N) is 3. The second-order valence-corrected chi connectivity index (χ2v) is 9.34. The molecule has 8 nitrogen and oxygen atoms in total. The Kier molecular flexibility index (Phi) is 6.10. The van der Waals surface area contributed by atoms with Gasteiger partial charge in [-0.25, -0.2) is 9.78 Å². The van der Waals surface area contributed by atoms with Crippen LogP contribution in [0, 0.1) is 19.8 Å². The summed E-state index contributed by atoms with van der Waals surface area (Å²) in [5, 5.41) is 8.61. The van der Waals surface area contributed by atoms with Crippen molar-refractivity contribution in [1.29, 1.82) is 0 Å².